The largest absolute Gasteiger partial charge is 0.368 e. The van der Waals surface area contributed by atoms with Gasteiger partial charge in [0, 0.05) is 6.42 Å². The minimum atomic E-state index is -0.783. The van der Waals surface area contributed by atoms with Crippen LogP contribution in [0.2, 0.25) is 0 Å². The van der Waals surface area contributed by atoms with E-state index in [2.05, 4.69) is 17.6 Å². The Balaban J connectivity index is 3.97. The third-order valence-corrected chi connectivity index (χ3v) is 6.71. The van der Waals surface area contributed by atoms with Crippen LogP contribution in [0, 0.1) is 0 Å². The zero-order chi connectivity index (χ0) is 26.9. The number of carbonyl (C=O) groups excluding carboxylic acids is 3. The van der Waals surface area contributed by atoms with Gasteiger partial charge in [-0.1, -0.05) is 96.8 Å². The maximum absolute atomic E-state index is 12.7. The van der Waals surface area contributed by atoms with Gasteiger partial charge in [-0.3, -0.25) is 14.4 Å². The Kier molecular flexibility index (Phi) is 23.8. The average Bonchev–Trinajstić information content (AvgIpc) is 2.86. The molecule has 0 radical (unpaired) electrons. The van der Waals surface area contributed by atoms with Gasteiger partial charge in [-0.25, -0.2) is 0 Å². The summed E-state index contributed by atoms with van der Waals surface area (Å²) in [7, 11) is 0. The minimum absolute atomic E-state index is 0.139. The predicted molar refractivity (Wildman–Crippen MR) is 149 cm³/mol. The van der Waals surface area contributed by atoms with Crippen molar-refractivity contribution in [1.29, 1.82) is 0 Å². The van der Waals surface area contributed by atoms with E-state index >= 15 is 0 Å². The number of primary amides is 1. The van der Waals surface area contributed by atoms with Gasteiger partial charge in [-0.05, 0) is 45.2 Å². The van der Waals surface area contributed by atoms with Gasteiger partial charge in [-0.15, -0.1) is 0 Å². The van der Waals surface area contributed by atoms with Gasteiger partial charge >= 0.3 is 0 Å². The third kappa shape index (κ3) is 20.5. The highest BCUT2D eigenvalue weighted by atomic mass is 16.2. The van der Waals surface area contributed by atoms with E-state index in [-0.39, 0.29) is 5.91 Å². The molecule has 0 saturated carbocycles. The molecule has 0 saturated heterocycles. The van der Waals surface area contributed by atoms with E-state index < -0.39 is 23.9 Å². The molecule has 0 aliphatic carbocycles. The van der Waals surface area contributed by atoms with Gasteiger partial charge in [0.2, 0.25) is 17.7 Å². The first-order valence-corrected chi connectivity index (χ1v) is 14.7. The number of hydrogen-bond donors (Lipinski definition) is 5. The summed E-state index contributed by atoms with van der Waals surface area (Å²) in [6, 6.07) is -1.49. The second-order valence-corrected chi connectivity index (χ2v) is 10.1. The Morgan fingerprint density at radius 2 is 1.00 bits per heavy atom. The normalized spacial score (nSPS) is 12.8. The van der Waals surface area contributed by atoms with Crippen molar-refractivity contribution in [2.45, 2.75) is 147 Å². The van der Waals surface area contributed by atoms with E-state index in [4.69, 9.17) is 17.2 Å². The van der Waals surface area contributed by atoms with E-state index in [1.54, 1.807) is 0 Å². The monoisotopic (exact) mass is 511 g/mol. The average molecular weight is 512 g/mol. The molecule has 0 aromatic carbocycles. The van der Waals surface area contributed by atoms with E-state index in [1.807, 2.05) is 0 Å². The first kappa shape index (κ1) is 34.3. The van der Waals surface area contributed by atoms with Crippen molar-refractivity contribution in [3.63, 3.8) is 0 Å². The summed E-state index contributed by atoms with van der Waals surface area (Å²) in [5, 5.41) is 5.48. The van der Waals surface area contributed by atoms with Gasteiger partial charge in [-0.2, -0.15) is 0 Å². The smallest absolute Gasteiger partial charge is 0.243 e. The van der Waals surface area contributed by atoms with Gasteiger partial charge in [0.05, 0.1) is 0 Å². The fourth-order valence-electron chi connectivity index (χ4n) is 4.39. The Labute approximate surface area is 220 Å². The summed E-state index contributed by atoms with van der Waals surface area (Å²) >= 11 is 0. The number of unbranched alkanes of at least 4 members (excludes halogenated alkanes) is 14. The highest BCUT2D eigenvalue weighted by Crippen LogP contribution is 2.14. The number of rotatable bonds is 26. The van der Waals surface area contributed by atoms with Crippen LogP contribution in [0.3, 0.4) is 0 Å². The number of hydrogen-bond acceptors (Lipinski definition) is 5. The Bertz CT molecular complexity index is 559. The number of nitrogens with two attached hydrogens (primary N) is 3. The van der Waals surface area contributed by atoms with E-state index in [0.717, 1.165) is 19.3 Å². The van der Waals surface area contributed by atoms with Gasteiger partial charge in [0.15, 0.2) is 0 Å². The lowest BCUT2D eigenvalue weighted by molar-refractivity contribution is -0.131. The second kappa shape index (κ2) is 25.0. The molecule has 36 heavy (non-hydrogen) atoms. The minimum Gasteiger partial charge on any atom is -0.368 e. The molecule has 0 bridgehead atoms. The van der Waals surface area contributed by atoms with Crippen molar-refractivity contribution >= 4 is 17.7 Å². The quantitative estimate of drug-likeness (QED) is 0.110. The molecular weight excluding hydrogens is 454 g/mol. The third-order valence-electron chi connectivity index (χ3n) is 6.71. The summed E-state index contributed by atoms with van der Waals surface area (Å²) in [5.74, 6) is -1.13. The number of nitrogens with one attached hydrogen (secondary N) is 2. The van der Waals surface area contributed by atoms with Crippen LogP contribution in [-0.2, 0) is 14.4 Å². The fraction of sp³-hybridized carbons (Fsp3) is 0.893. The topological polar surface area (TPSA) is 153 Å². The number of amides is 3. The lowest BCUT2D eigenvalue weighted by Crippen LogP contribution is -2.53. The van der Waals surface area contributed by atoms with Crippen LogP contribution in [-0.4, -0.2) is 42.9 Å². The van der Waals surface area contributed by atoms with Crippen LogP contribution in [0.25, 0.3) is 0 Å². The molecule has 0 aliphatic heterocycles. The van der Waals surface area contributed by atoms with Crippen molar-refractivity contribution in [3.05, 3.63) is 0 Å². The molecule has 0 rings (SSSR count). The molecule has 3 amide bonds. The van der Waals surface area contributed by atoms with Crippen molar-refractivity contribution in [2.75, 3.05) is 13.1 Å². The molecule has 2 atom stereocenters. The van der Waals surface area contributed by atoms with Gasteiger partial charge in [0.1, 0.15) is 12.1 Å². The molecule has 0 aromatic rings. The summed E-state index contributed by atoms with van der Waals surface area (Å²) in [6.45, 7) is 3.09. The highest BCUT2D eigenvalue weighted by molar-refractivity contribution is 5.91. The van der Waals surface area contributed by atoms with Crippen LogP contribution in [0.15, 0.2) is 0 Å². The summed E-state index contributed by atoms with van der Waals surface area (Å²) in [4.78, 5) is 36.7. The predicted octanol–water partition coefficient (Wildman–Crippen LogP) is 4.18. The molecule has 0 aromatic heterocycles. The lowest BCUT2D eigenvalue weighted by atomic mass is 10.0. The van der Waals surface area contributed by atoms with Crippen molar-refractivity contribution < 1.29 is 14.4 Å². The van der Waals surface area contributed by atoms with E-state index in [9.17, 15) is 14.4 Å². The van der Waals surface area contributed by atoms with Crippen molar-refractivity contribution in [1.82, 2.24) is 10.6 Å². The Morgan fingerprint density at radius 3 is 1.42 bits per heavy atom. The maximum atomic E-state index is 12.7. The molecule has 0 aliphatic rings. The Morgan fingerprint density at radius 1 is 0.583 bits per heavy atom. The second-order valence-electron chi connectivity index (χ2n) is 10.1. The van der Waals surface area contributed by atoms with Gasteiger partial charge in [0.25, 0.3) is 0 Å². The summed E-state index contributed by atoms with van der Waals surface area (Å²) < 4.78 is 0. The van der Waals surface area contributed by atoms with Crippen LogP contribution < -0.4 is 27.8 Å². The maximum Gasteiger partial charge on any atom is 0.243 e. The molecule has 0 heterocycles. The molecule has 0 fully saturated rings. The number of carbonyl (C=O) groups is 3. The standard InChI is InChI=1S/C28H57N5O3/c1-2-3-4-5-6-7-8-9-10-11-12-13-14-15-16-21-26(34)32-25(20-18-23-30)28(36)33-24(27(31)35)19-17-22-29/h24-25H,2-23,29-30H2,1H3,(H2,31,35)(H,32,34)(H,33,36). The Hall–Kier alpha value is -1.67. The van der Waals surface area contributed by atoms with Crippen LogP contribution in [0.5, 0.6) is 0 Å². The zero-order valence-electron chi connectivity index (χ0n) is 23.2. The highest BCUT2D eigenvalue weighted by Gasteiger charge is 2.24. The molecule has 8 heteroatoms. The van der Waals surface area contributed by atoms with Gasteiger partial charge < -0.3 is 27.8 Å². The fourth-order valence-corrected chi connectivity index (χ4v) is 4.39. The van der Waals surface area contributed by atoms with E-state index in [0.29, 0.717) is 45.2 Å². The molecule has 2 unspecified atom stereocenters. The van der Waals surface area contributed by atoms with E-state index in [1.165, 1.54) is 77.0 Å². The molecule has 212 valence electrons. The zero-order valence-corrected chi connectivity index (χ0v) is 23.2. The summed E-state index contributed by atoms with van der Waals surface area (Å²) in [6.07, 6.45) is 21.5. The lowest BCUT2D eigenvalue weighted by Gasteiger charge is -2.22. The molecule has 8 nitrogen and oxygen atoms in total. The van der Waals surface area contributed by atoms with Crippen molar-refractivity contribution in [2.24, 2.45) is 17.2 Å². The first-order valence-electron chi connectivity index (χ1n) is 14.7. The SMILES string of the molecule is CCCCCCCCCCCCCCCCCC(=O)NC(CCCN)C(=O)NC(CCCN)C(N)=O. The first-order chi connectivity index (χ1) is 17.5. The van der Waals surface area contributed by atoms with Crippen LogP contribution >= 0.6 is 0 Å². The molecule has 0 spiro atoms. The van der Waals surface area contributed by atoms with Crippen LogP contribution in [0.1, 0.15) is 135 Å². The summed E-state index contributed by atoms with van der Waals surface area (Å²) in [5.41, 5.74) is 16.5. The molecular formula is C28H57N5O3. The van der Waals surface area contributed by atoms with Crippen LogP contribution in [0.4, 0.5) is 0 Å². The van der Waals surface area contributed by atoms with Crippen molar-refractivity contribution in [3.8, 4) is 0 Å². The molecule has 8 N–H and O–H groups in total.